The highest BCUT2D eigenvalue weighted by atomic mass is 15.0. The lowest BCUT2D eigenvalue weighted by molar-refractivity contribution is 0.550. The van der Waals surface area contributed by atoms with Gasteiger partial charge in [-0.15, -0.1) is 0 Å². The van der Waals surface area contributed by atoms with Crippen LogP contribution >= 0.6 is 0 Å². The monoisotopic (exact) mass is 690 g/mol. The summed E-state index contributed by atoms with van der Waals surface area (Å²) in [7, 11) is 0. The standard InChI is InChI=1S/C52H38N2/c1-2-15-42(41(14-1)37-12-11-13-39(32-37)49-18-7-10-31-53-49)38-24-28-44-43-27-23-36(33-47(43)52(48(44)34-38)29-8-9-30-52)35-21-25-40(26-22-35)54-50-19-5-3-16-45(50)46-17-4-6-20-51(46)54/h1-7,10-28,31-34H,8-9,29-30H2. The first kappa shape index (κ1) is 31.1. The second-order valence-electron chi connectivity index (χ2n) is 15.1. The first-order valence-corrected chi connectivity index (χ1v) is 19.2. The van der Waals surface area contributed by atoms with Crippen molar-refractivity contribution in [2.75, 3.05) is 0 Å². The molecule has 0 radical (unpaired) electrons. The van der Waals surface area contributed by atoms with Gasteiger partial charge in [-0.05, 0) is 123 Å². The Labute approximate surface area is 316 Å². The van der Waals surface area contributed by atoms with E-state index in [9.17, 15) is 0 Å². The number of benzene rings is 7. The summed E-state index contributed by atoms with van der Waals surface area (Å²) in [5, 5.41) is 2.58. The molecule has 2 aromatic heterocycles. The van der Waals surface area contributed by atoms with Gasteiger partial charge in [0.25, 0.3) is 0 Å². The molecular weight excluding hydrogens is 653 g/mol. The number of fused-ring (bicyclic) bond motifs is 8. The second kappa shape index (κ2) is 12.3. The van der Waals surface area contributed by atoms with Crippen LogP contribution in [0.15, 0.2) is 182 Å². The third-order valence-electron chi connectivity index (χ3n) is 12.2. The Balaban J connectivity index is 0.970. The minimum absolute atomic E-state index is 0.0490. The van der Waals surface area contributed by atoms with Crippen molar-refractivity contribution in [3.05, 3.63) is 193 Å². The minimum Gasteiger partial charge on any atom is -0.309 e. The van der Waals surface area contributed by atoms with E-state index < -0.39 is 0 Å². The third-order valence-corrected chi connectivity index (χ3v) is 12.2. The molecule has 0 bridgehead atoms. The van der Waals surface area contributed by atoms with Gasteiger partial charge in [0.05, 0.1) is 16.7 Å². The van der Waals surface area contributed by atoms with Gasteiger partial charge in [0.2, 0.25) is 0 Å². The Morgan fingerprint density at radius 2 is 0.963 bits per heavy atom. The molecule has 7 aromatic carbocycles. The number of para-hydroxylation sites is 2. The predicted octanol–water partition coefficient (Wildman–Crippen LogP) is 13.7. The SMILES string of the molecule is c1ccc(-c2cccc(-c3ccccc3-c3ccc4c(c3)C3(CCCC3)c3cc(-c5ccc(-n6c7ccccc7c7ccccc76)cc5)ccc3-4)c2)nc1. The lowest BCUT2D eigenvalue weighted by atomic mass is 9.75. The molecule has 1 saturated carbocycles. The van der Waals surface area contributed by atoms with Gasteiger partial charge in [-0.3, -0.25) is 4.98 Å². The van der Waals surface area contributed by atoms with Gasteiger partial charge in [-0.1, -0.05) is 134 Å². The van der Waals surface area contributed by atoms with Crippen molar-refractivity contribution in [3.63, 3.8) is 0 Å². The van der Waals surface area contributed by atoms with Crippen LogP contribution in [0.4, 0.5) is 0 Å². The van der Waals surface area contributed by atoms with Crippen molar-refractivity contribution >= 4 is 21.8 Å². The molecule has 54 heavy (non-hydrogen) atoms. The number of hydrogen-bond acceptors (Lipinski definition) is 1. The van der Waals surface area contributed by atoms with E-state index in [1.807, 2.05) is 12.3 Å². The van der Waals surface area contributed by atoms with Crippen molar-refractivity contribution in [1.29, 1.82) is 0 Å². The van der Waals surface area contributed by atoms with Crippen LogP contribution in [0.25, 0.3) is 83.3 Å². The molecule has 0 atom stereocenters. The zero-order valence-electron chi connectivity index (χ0n) is 30.0. The number of pyridine rings is 1. The van der Waals surface area contributed by atoms with Crippen LogP contribution in [-0.2, 0) is 5.41 Å². The maximum absolute atomic E-state index is 4.62. The molecular formula is C52H38N2. The molecule has 9 aromatic rings. The second-order valence-corrected chi connectivity index (χ2v) is 15.1. The summed E-state index contributed by atoms with van der Waals surface area (Å²) in [6.07, 6.45) is 6.78. The molecule has 0 N–H and O–H groups in total. The topological polar surface area (TPSA) is 17.8 Å². The van der Waals surface area contributed by atoms with Crippen molar-refractivity contribution in [2.24, 2.45) is 0 Å². The van der Waals surface area contributed by atoms with E-state index in [4.69, 9.17) is 0 Å². The van der Waals surface area contributed by atoms with Gasteiger partial charge in [-0.2, -0.15) is 0 Å². The van der Waals surface area contributed by atoms with Gasteiger partial charge in [0, 0.05) is 33.6 Å². The molecule has 2 nitrogen and oxygen atoms in total. The minimum atomic E-state index is 0.0490. The molecule has 1 spiro atoms. The van der Waals surface area contributed by atoms with E-state index in [2.05, 4.69) is 179 Å². The fourth-order valence-electron chi connectivity index (χ4n) is 9.73. The summed E-state index contributed by atoms with van der Waals surface area (Å²) in [6.45, 7) is 0. The zero-order chi connectivity index (χ0) is 35.6. The van der Waals surface area contributed by atoms with E-state index in [0.717, 1.165) is 11.3 Å². The first-order valence-electron chi connectivity index (χ1n) is 19.2. The van der Waals surface area contributed by atoms with Gasteiger partial charge in [-0.25, -0.2) is 0 Å². The largest absolute Gasteiger partial charge is 0.309 e. The molecule has 0 saturated heterocycles. The average molecular weight is 691 g/mol. The quantitative estimate of drug-likeness (QED) is 0.176. The van der Waals surface area contributed by atoms with Crippen LogP contribution in [-0.4, -0.2) is 9.55 Å². The van der Waals surface area contributed by atoms with Crippen molar-refractivity contribution in [1.82, 2.24) is 9.55 Å². The Morgan fingerprint density at radius 3 is 1.63 bits per heavy atom. The molecule has 2 aliphatic carbocycles. The smallest absolute Gasteiger partial charge is 0.0702 e. The highest BCUT2D eigenvalue weighted by Crippen LogP contribution is 2.58. The highest BCUT2D eigenvalue weighted by molar-refractivity contribution is 6.09. The summed E-state index contributed by atoms with van der Waals surface area (Å²) < 4.78 is 2.40. The zero-order valence-corrected chi connectivity index (χ0v) is 30.0. The number of rotatable bonds is 5. The van der Waals surface area contributed by atoms with Crippen molar-refractivity contribution < 1.29 is 0 Å². The Bertz CT molecular complexity index is 2820. The number of nitrogens with zero attached hydrogens (tertiary/aromatic N) is 2. The molecule has 1 fully saturated rings. The fourth-order valence-corrected chi connectivity index (χ4v) is 9.73. The van der Waals surface area contributed by atoms with E-state index in [1.165, 1.54) is 109 Å². The fraction of sp³-hybridized carbons (Fsp3) is 0.0962. The third kappa shape index (κ3) is 4.76. The average Bonchev–Trinajstić information content (AvgIpc) is 3.95. The van der Waals surface area contributed by atoms with Gasteiger partial charge < -0.3 is 4.57 Å². The molecule has 2 aliphatic rings. The summed E-state index contributed by atoms with van der Waals surface area (Å²) in [5.74, 6) is 0. The van der Waals surface area contributed by atoms with Gasteiger partial charge >= 0.3 is 0 Å². The lowest BCUT2D eigenvalue weighted by Crippen LogP contribution is -2.20. The maximum atomic E-state index is 4.62. The summed E-state index contributed by atoms with van der Waals surface area (Å²) >= 11 is 0. The van der Waals surface area contributed by atoms with E-state index >= 15 is 0 Å². The molecule has 0 aliphatic heterocycles. The summed E-state index contributed by atoms with van der Waals surface area (Å²) in [6, 6.07) is 65.0. The Morgan fingerprint density at radius 1 is 0.407 bits per heavy atom. The molecule has 2 heteroatoms. The summed E-state index contributed by atoms with van der Waals surface area (Å²) in [5.41, 5.74) is 19.2. The highest BCUT2D eigenvalue weighted by Gasteiger charge is 2.45. The van der Waals surface area contributed by atoms with Crippen molar-refractivity contribution in [3.8, 4) is 61.5 Å². The number of aromatic nitrogens is 2. The van der Waals surface area contributed by atoms with Crippen LogP contribution in [0.1, 0.15) is 36.8 Å². The van der Waals surface area contributed by atoms with Crippen LogP contribution in [0, 0.1) is 0 Å². The van der Waals surface area contributed by atoms with Crippen LogP contribution < -0.4 is 0 Å². The maximum Gasteiger partial charge on any atom is 0.0702 e. The number of hydrogen-bond donors (Lipinski definition) is 0. The first-order chi connectivity index (χ1) is 26.7. The normalized spacial score (nSPS) is 14.1. The van der Waals surface area contributed by atoms with Gasteiger partial charge in [0.15, 0.2) is 0 Å². The molecule has 256 valence electrons. The molecule has 0 unspecified atom stereocenters. The van der Waals surface area contributed by atoms with Crippen LogP contribution in [0.2, 0.25) is 0 Å². The van der Waals surface area contributed by atoms with Crippen molar-refractivity contribution in [2.45, 2.75) is 31.1 Å². The molecule has 2 heterocycles. The lowest BCUT2D eigenvalue weighted by Gasteiger charge is -2.27. The Kier molecular flexibility index (Phi) is 7.07. The van der Waals surface area contributed by atoms with E-state index in [1.54, 1.807) is 0 Å². The van der Waals surface area contributed by atoms with Crippen LogP contribution in [0.3, 0.4) is 0 Å². The van der Waals surface area contributed by atoms with E-state index in [0.29, 0.717) is 0 Å². The van der Waals surface area contributed by atoms with Gasteiger partial charge in [0.1, 0.15) is 0 Å². The molecule has 0 amide bonds. The summed E-state index contributed by atoms with van der Waals surface area (Å²) in [4.78, 5) is 4.62. The van der Waals surface area contributed by atoms with Crippen LogP contribution in [0.5, 0.6) is 0 Å². The van der Waals surface area contributed by atoms with E-state index in [-0.39, 0.29) is 5.41 Å². The Hall–Kier alpha value is -6.51. The molecule has 11 rings (SSSR count). The predicted molar refractivity (Wildman–Crippen MR) is 225 cm³/mol.